The van der Waals surface area contributed by atoms with Gasteiger partial charge in [-0.1, -0.05) is 12.1 Å². The van der Waals surface area contributed by atoms with Crippen LogP contribution in [-0.4, -0.2) is 46.1 Å². The molecule has 1 fully saturated rings. The van der Waals surface area contributed by atoms with Crippen molar-refractivity contribution in [3.63, 3.8) is 0 Å². The lowest BCUT2D eigenvalue weighted by Gasteiger charge is -2.32. The SMILES string of the molecule is Cc1cn(C)c(CC(=O)NCC2CCN(Cc3cccc(F)c3)CC2)c1C(=O)O. The molecule has 0 radical (unpaired) electrons. The number of amides is 1. The van der Waals surface area contributed by atoms with E-state index in [4.69, 9.17) is 0 Å². The van der Waals surface area contributed by atoms with Gasteiger partial charge < -0.3 is 15.0 Å². The fourth-order valence-electron chi connectivity index (χ4n) is 4.06. The Balaban J connectivity index is 1.45. The zero-order valence-corrected chi connectivity index (χ0v) is 16.9. The molecule has 1 saturated heterocycles. The number of benzene rings is 1. The molecular formula is C22H28FN3O3. The van der Waals surface area contributed by atoms with Crippen molar-refractivity contribution in [2.24, 2.45) is 13.0 Å². The first-order chi connectivity index (χ1) is 13.8. The molecule has 1 aromatic carbocycles. The Hall–Kier alpha value is -2.67. The second-order valence-corrected chi connectivity index (χ2v) is 7.88. The highest BCUT2D eigenvalue weighted by Crippen LogP contribution is 2.20. The predicted octanol–water partition coefficient (Wildman–Crippen LogP) is 2.74. The van der Waals surface area contributed by atoms with Crippen LogP contribution in [0.15, 0.2) is 30.5 Å². The van der Waals surface area contributed by atoms with E-state index in [0.717, 1.165) is 38.0 Å². The first kappa shape index (κ1) is 21.0. The van der Waals surface area contributed by atoms with E-state index < -0.39 is 5.97 Å². The van der Waals surface area contributed by atoms with Crippen LogP contribution in [0.5, 0.6) is 0 Å². The van der Waals surface area contributed by atoms with Crippen molar-refractivity contribution in [3.05, 3.63) is 58.7 Å². The van der Waals surface area contributed by atoms with Crippen LogP contribution >= 0.6 is 0 Å². The normalized spacial score (nSPS) is 15.4. The largest absolute Gasteiger partial charge is 0.478 e. The molecule has 3 rings (SSSR count). The quantitative estimate of drug-likeness (QED) is 0.748. The number of halogens is 1. The summed E-state index contributed by atoms with van der Waals surface area (Å²) in [6.45, 7) is 4.90. The number of nitrogens with one attached hydrogen (secondary N) is 1. The summed E-state index contributed by atoms with van der Waals surface area (Å²) in [5.41, 5.74) is 2.38. The maximum Gasteiger partial charge on any atom is 0.337 e. The van der Waals surface area contributed by atoms with Gasteiger partial charge in [0.2, 0.25) is 5.91 Å². The molecule has 0 unspecified atom stereocenters. The fourth-order valence-corrected chi connectivity index (χ4v) is 4.06. The molecule has 1 amide bonds. The number of likely N-dealkylation sites (tertiary alicyclic amines) is 1. The molecule has 6 nitrogen and oxygen atoms in total. The second kappa shape index (κ2) is 9.22. The van der Waals surface area contributed by atoms with E-state index in [1.807, 2.05) is 6.07 Å². The van der Waals surface area contributed by atoms with E-state index in [1.165, 1.54) is 6.07 Å². The molecule has 156 valence electrons. The number of nitrogens with zero attached hydrogens (tertiary/aromatic N) is 2. The number of aryl methyl sites for hydroxylation is 2. The van der Waals surface area contributed by atoms with E-state index in [9.17, 15) is 19.1 Å². The van der Waals surface area contributed by atoms with Gasteiger partial charge in [-0.15, -0.1) is 0 Å². The number of hydrogen-bond donors (Lipinski definition) is 2. The average Bonchev–Trinajstić information content (AvgIpc) is 2.94. The van der Waals surface area contributed by atoms with Gasteiger partial charge in [0.05, 0.1) is 12.0 Å². The number of hydrogen-bond acceptors (Lipinski definition) is 3. The summed E-state index contributed by atoms with van der Waals surface area (Å²) in [6, 6.07) is 6.70. The molecule has 0 aliphatic carbocycles. The van der Waals surface area contributed by atoms with E-state index >= 15 is 0 Å². The molecule has 1 aliphatic rings. The maximum atomic E-state index is 13.3. The van der Waals surface area contributed by atoms with Gasteiger partial charge in [-0.2, -0.15) is 0 Å². The van der Waals surface area contributed by atoms with Gasteiger partial charge in [0.15, 0.2) is 0 Å². The van der Waals surface area contributed by atoms with E-state index in [-0.39, 0.29) is 23.7 Å². The van der Waals surface area contributed by atoms with Gasteiger partial charge in [0.1, 0.15) is 5.82 Å². The van der Waals surface area contributed by atoms with E-state index in [0.29, 0.717) is 23.7 Å². The lowest BCUT2D eigenvalue weighted by molar-refractivity contribution is -0.120. The maximum absolute atomic E-state index is 13.3. The molecule has 0 saturated carbocycles. The Morgan fingerprint density at radius 1 is 1.28 bits per heavy atom. The number of carbonyl (C=O) groups is 2. The Morgan fingerprint density at radius 3 is 2.66 bits per heavy atom. The monoisotopic (exact) mass is 401 g/mol. The zero-order valence-electron chi connectivity index (χ0n) is 16.9. The van der Waals surface area contributed by atoms with Crippen molar-refractivity contribution in [2.75, 3.05) is 19.6 Å². The average molecular weight is 401 g/mol. The molecule has 2 heterocycles. The number of aromatic carboxylic acids is 1. The topological polar surface area (TPSA) is 74.6 Å². The highest BCUT2D eigenvalue weighted by Gasteiger charge is 2.22. The zero-order chi connectivity index (χ0) is 21.0. The Bertz CT molecular complexity index is 885. The van der Waals surface area contributed by atoms with Crippen LogP contribution in [0.25, 0.3) is 0 Å². The minimum absolute atomic E-state index is 0.0599. The standard InChI is InChI=1S/C22H28FN3O3/c1-15-13-25(2)19(21(15)22(28)29)11-20(27)24-12-16-6-8-26(9-7-16)14-17-4-3-5-18(23)10-17/h3-5,10,13,16H,6-9,11-12,14H2,1-2H3,(H,24,27)(H,28,29). The summed E-state index contributed by atoms with van der Waals surface area (Å²) in [5.74, 6) is -0.969. The third kappa shape index (κ3) is 5.44. The summed E-state index contributed by atoms with van der Waals surface area (Å²) >= 11 is 0. The summed E-state index contributed by atoms with van der Waals surface area (Å²) in [4.78, 5) is 26.1. The number of aromatic nitrogens is 1. The fraction of sp³-hybridized carbons (Fsp3) is 0.455. The van der Waals surface area contributed by atoms with Gasteiger partial charge >= 0.3 is 5.97 Å². The number of carboxylic acid groups (broad SMARTS) is 1. The van der Waals surface area contributed by atoms with Crippen LogP contribution in [-0.2, 0) is 24.8 Å². The first-order valence-corrected chi connectivity index (χ1v) is 9.95. The molecule has 1 aliphatic heterocycles. The molecule has 0 spiro atoms. The van der Waals surface area contributed by atoms with Gasteiger partial charge in [-0.3, -0.25) is 9.69 Å². The predicted molar refractivity (Wildman–Crippen MR) is 108 cm³/mol. The van der Waals surface area contributed by atoms with Gasteiger partial charge in [0.25, 0.3) is 0 Å². The summed E-state index contributed by atoms with van der Waals surface area (Å²) in [7, 11) is 1.76. The molecule has 2 N–H and O–H groups in total. The lowest BCUT2D eigenvalue weighted by Crippen LogP contribution is -2.38. The smallest absolute Gasteiger partial charge is 0.337 e. The third-order valence-corrected chi connectivity index (χ3v) is 5.63. The summed E-state index contributed by atoms with van der Waals surface area (Å²) in [6.07, 6.45) is 3.74. The Kier molecular flexibility index (Phi) is 6.69. The molecule has 2 aromatic rings. The van der Waals surface area contributed by atoms with Crippen molar-refractivity contribution < 1.29 is 19.1 Å². The van der Waals surface area contributed by atoms with Gasteiger partial charge in [0, 0.05) is 32.0 Å². The minimum atomic E-state index is -1.00. The van der Waals surface area contributed by atoms with Gasteiger partial charge in [-0.25, -0.2) is 9.18 Å². The van der Waals surface area contributed by atoms with Crippen LogP contribution in [0.2, 0.25) is 0 Å². The van der Waals surface area contributed by atoms with Crippen molar-refractivity contribution in [2.45, 2.75) is 32.7 Å². The number of piperidine rings is 1. The molecule has 0 bridgehead atoms. The molecule has 0 atom stereocenters. The highest BCUT2D eigenvalue weighted by atomic mass is 19.1. The Labute approximate surface area is 170 Å². The molecule has 7 heteroatoms. The van der Waals surface area contributed by atoms with Crippen LogP contribution < -0.4 is 5.32 Å². The second-order valence-electron chi connectivity index (χ2n) is 7.88. The Morgan fingerprint density at radius 2 is 2.00 bits per heavy atom. The van der Waals surface area contributed by atoms with Crippen molar-refractivity contribution in [1.29, 1.82) is 0 Å². The van der Waals surface area contributed by atoms with Crippen LogP contribution in [0.4, 0.5) is 4.39 Å². The number of carboxylic acids is 1. The summed E-state index contributed by atoms with van der Waals surface area (Å²) < 4.78 is 15.0. The minimum Gasteiger partial charge on any atom is -0.478 e. The van der Waals surface area contributed by atoms with E-state index in [2.05, 4.69) is 10.2 Å². The first-order valence-electron chi connectivity index (χ1n) is 9.95. The summed E-state index contributed by atoms with van der Waals surface area (Å²) in [5, 5.41) is 12.3. The van der Waals surface area contributed by atoms with Crippen molar-refractivity contribution in [3.8, 4) is 0 Å². The molecular weight excluding hydrogens is 373 g/mol. The number of carbonyl (C=O) groups excluding carboxylic acids is 1. The number of rotatable bonds is 7. The molecule has 1 aromatic heterocycles. The van der Waals surface area contributed by atoms with Crippen molar-refractivity contribution >= 4 is 11.9 Å². The third-order valence-electron chi connectivity index (χ3n) is 5.63. The van der Waals surface area contributed by atoms with Crippen LogP contribution in [0, 0.1) is 18.7 Å². The van der Waals surface area contributed by atoms with Crippen molar-refractivity contribution in [1.82, 2.24) is 14.8 Å². The molecule has 29 heavy (non-hydrogen) atoms. The lowest BCUT2D eigenvalue weighted by atomic mass is 9.96. The highest BCUT2D eigenvalue weighted by molar-refractivity contribution is 5.93. The van der Waals surface area contributed by atoms with Crippen LogP contribution in [0.1, 0.15) is 40.0 Å². The van der Waals surface area contributed by atoms with E-state index in [1.54, 1.807) is 36.9 Å². The van der Waals surface area contributed by atoms with Crippen LogP contribution in [0.3, 0.4) is 0 Å². The van der Waals surface area contributed by atoms with Gasteiger partial charge in [-0.05, 0) is 62.0 Å².